The summed E-state index contributed by atoms with van der Waals surface area (Å²) in [6, 6.07) is 58.3. The summed E-state index contributed by atoms with van der Waals surface area (Å²) in [5.74, 6) is 0. The van der Waals surface area contributed by atoms with Crippen molar-refractivity contribution >= 4 is 60.7 Å². The number of benzene rings is 7. The second-order valence-electron chi connectivity index (χ2n) is 11.7. The number of furan rings is 1. The highest BCUT2D eigenvalue weighted by Gasteiger charge is 2.15. The van der Waals surface area contributed by atoms with Crippen molar-refractivity contribution in [3.8, 4) is 22.3 Å². The van der Waals surface area contributed by atoms with Gasteiger partial charge in [-0.2, -0.15) is 0 Å². The first-order valence-corrected chi connectivity index (χ1v) is 15.5. The lowest BCUT2D eigenvalue weighted by molar-refractivity contribution is 0.654. The van der Waals surface area contributed by atoms with Crippen LogP contribution in [-0.2, 0) is 0 Å². The van der Waals surface area contributed by atoms with Gasteiger partial charge in [0.1, 0.15) is 5.58 Å². The molecule has 7 aromatic carbocycles. The summed E-state index contributed by atoms with van der Waals surface area (Å²) in [4.78, 5) is 6.75. The molecule has 3 nitrogen and oxygen atoms in total. The second kappa shape index (κ2) is 10.8. The number of anilines is 3. The first-order valence-electron chi connectivity index (χ1n) is 15.5. The molecule has 0 radical (unpaired) electrons. The number of para-hydroxylation sites is 1. The molecule has 0 aliphatic rings. The van der Waals surface area contributed by atoms with Crippen LogP contribution >= 0.6 is 0 Å². The fraction of sp³-hybridized carbons (Fsp3) is 0. The van der Waals surface area contributed by atoms with Crippen LogP contribution in [0.3, 0.4) is 0 Å². The molecule has 46 heavy (non-hydrogen) atoms. The van der Waals surface area contributed by atoms with Gasteiger partial charge in [-0.15, -0.1) is 0 Å². The van der Waals surface area contributed by atoms with Gasteiger partial charge in [-0.05, 0) is 111 Å². The van der Waals surface area contributed by atoms with E-state index in [0.29, 0.717) is 5.71 Å². The quantitative estimate of drug-likeness (QED) is 0.200. The van der Waals surface area contributed by atoms with Crippen LogP contribution in [0.5, 0.6) is 0 Å². The highest BCUT2D eigenvalue weighted by molar-refractivity contribution is 6.18. The molecule has 0 aliphatic heterocycles. The number of aromatic nitrogens is 1. The van der Waals surface area contributed by atoms with E-state index in [1.54, 1.807) is 6.20 Å². The maximum Gasteiger partial charge on any atom is 0.227 e. The molecule has 0 unspecified atom stereocenters. The van der Waals surface area contributed by atoms with E-state index in [1.165, 1.54) is 32.7 Å². The van der Waals surface area contributed by atoms with Crippen LogP contribution in [0, 0.1) is 0 Å². The number of rotatable bonds is 5. The number of pyridine rings is 1. The summed E-state index contributed by atoms with van der Waals surface area (Å²) in [6.07, 6.45) is 1.78. The lowest BCUT2D eigenvalue weighted by Gasteiger charge is -2.26. The van der Waals surface area contributed by atoms with Crippen LogP contribution in [0.15, 0.2) is 174 Å². The zero-order valence-electron chi connectivity index (χ0n) is 25.0. The molecule has 0 amide bonds. The van der Waals surface area contributed by atoms with Crippen molar-refractivity contribution in [3.63, 3.8) is 0 Å². The van der Waals surface area contributed by atoms with E-state index in [1.807, 2.05) is 12.1 Å². The van der Waals surface area contributed by atoms with E-state index in [0.717, 1.165) is 44.5 Å². The van der Waals surface area contributed by atoms with Crippen LogP contribution in [0.2, 0.25) is 0 Å². The molecule has 9 rings (SSSR count). The van der Waals surface area contributed by atoms with E-state index in [2.05, 4.69) is 162 Å². The lowest BCUT2D eigenvalue weighted by Crippen LogP contribution is -2.09. The standard InChI is InChI=1S/C43H28N2O/c1-2-9-36(10-3-1)45(37-21-16-30(17-22-37)34-14-12-29-7-4-5-8-33(29)27-34)38-23-18-31(19-24-38)35-15-13-32-20-25-41-42(40(32)28-35)39-11-6-26-44-43(39)46-41/h1-28H. The van der Waals surface area contributed by atoms with Gasteiger partial charge >= 0.3 is 0 Å². The third-order valence-electron chi connectivity index (χ3n) is 8.91. The van der Waals surface area contributed by atoms with E-state index >= 15 is 0 Å². The molecule has 0 N–H and O–H groups in total. The second-order valence-corrected chi connectivity index (χ2v) is 11.7. The van der Waals surface area contributed by atoms with Crippen molar-refractivity contribution in [1.29, 1.82) is 0 Å². The largest absolute Gasteiger partial charge is 0.438 e. The maximum atomic E-state index is 6.07. The van der Waals surface area contributed by atoms with Crippen molar-refractivity contribution in [2.24, 2.45) is 0 Å². The monoisotopic (exact) mass is 588 g/mol. The van der Waals surface area contributed by atoms with Gasteiger partial charge in [0, 0.05) is 34.0 Å². The topological polar surface area (TPSA) is 29.3 Å². The molecule has 3 heteroatoms. The van der Waals surface area contributed by atoms with Gasteiger partial charge in [0.2, 0.25) is 5.71 Å². The predicted octanol–water partition coefficient (Wildman–Crippen LogP) is 12.1. The number of hydrogen-bond acceptors (Lipinski definition) is 3. The zero-order valence-corrected chi connectivity index (χ0v) is 25.0. The highest BCUT2D eigenvalue weighted by atomic mass is 16.3. The van der Waals surface area contributed by atoms with Gasteiger partial charge in [0.05, 0.1) is 0 Å². The first kappa shape index (κ1) is 26.2. The van der Waals surface area contributed by atoms with Crippen molar-refractivity contribution in [3.05, 3.63) is 170 Å². The minimum Gasteiger partial charge on any atom is -0.438 e. The molecule has 2 aromatic heterocycles. The Hall–Kier alpha value is -6.19. The highest BCUT2D eigenvalue weighted by Crippen LogP contribution is 2.39. The van der Waals surface area contributed by atoms with E-state index < -0.39 is 0 Å². The van der Waals surface area contributed by atoms with Gasteiger partial charge < -0.3 is 9.32 Å². The smallest absolute Gasteiger partial charge is 0.227 e. The van der Waals surface area contributed by atoms with Crippen LogP contribution in [-0.4, -0.2) is 4.98 Å². The summed E-state index contributed by atoms with van der Waals surface area (Å²) in [6.45, 7) is 0. The van der Waals surface area contributed by atoms with Crippen molar-refractivity contribution in [1.82, 2.24) is 4.98 Å². The first-order chi connectivity index (χ1) is 22.8. The van der Waals surface area contributed by atoms with Crippen LogP contribution < -0.4 is 4.90 Å². The molecule has 0 saturated carbocycles. The third-order valence-corrected chi connectivity index (χ3v) is 8.91. The minimum atomic E-state index is 0.672. The Morgan fingerprint density at radius 3 is 1.74 bits per heavy atom. The van der Waals surface area contributed by atoms with Crippen molar-refractivity contribution in [2.75, 3.05) is 4.90 Å². The molecule has 0 spiro atoms. The summed E-state index contributed by atoms with van der Waals surface area (Å²) in [7, 11) is 0. The fourth-order valence-electron chi connectivity index (χ4n) is 6.61. The van der Waals surface area contributed by atoms with Crippen LogP contribution in [0.25, 0.3) is 65.9 Å². The van der Waals surface area contributed by atoms with Gasteiger partial charge in [-0.25, -0.2) is 4.98 Å². The molecule has 0 aliphatic carbocycles. The summed E-state index contributed by atoms with van der Waals surface area (Å²) in [5.41, 5.74) is 9.59. The Bertz CT molecular complexity index is 2510. The van der Waals surface area contributed by atoms with Crippen LogP contribution in [0.4, 0.5) is 17.1 Å². The molecule has 216 valence electrons. The average molecular weight is 589 g/mol. The predicted molar refractivity (Wildman–Crippen MR) is 192 cm³/mol. The SMILES string of the molecule is c1ccc(N(c2ccc(-c3ccc4ccccc4c3)cc2)c2ccc(-c3ccc4ccc5oc6ncccc6c5c4c3)cc2)cc1. The molecular weight excluding hydrogens is 560 g/mol. The Labute approximate surface area is 266 Å². The molecule has 2 heterocycles. The maximum absolute atomic E-state index is 6.07. The molecule has 0 saturated heterocycles. The zero-order chi connectivity index (χ0) is 30.5. The summed E-state index contributed by atoms with van der Waals surface area (Å²) < 4.78 is 6.07. The summed E-state index contributed by atoms with van der Waals surface area (Å²) >= 11 is 0. The molecule has 0 bridgehead atoms. The molecule has 0 atom stereocenters. The molecule has 0 fully saturated rings. The average Bonchev–Trinajstić information content (AvgIpc) is 3.52. The lowest BCUT2D eigenvalue weighted by atomic mass is 9.98. The number of nitrogens with zero attached hydrogens (tertiary/aromatic N) is 2. The van der Waals surface area contributed by atoms with Gasteiger partial charge in [-0.1, -0.05) is 97.1 Å². The molecular formula is C43H28N2O. The van der Waals surface area contributed by atoms with E-state index in [4.69, 9.17) is 4.42 Å². The molecule has 9 aromatic rings. The Balaban J connectivity index is 1.09. The number of fused-ring (bicyclic) bond motifs is 6. The number of hydrogen-bond donors (Lipinski definition) is 0. The summed E-state index contributed by atoms with van der Waals surface area (Å²) in [5, 5.41) is 7.01. The van der Waals surface area contributed by atoms with Crippen molar-refractivity contribution in [2.45, 2.75) is 0 Å². The minimum absolute atomic E-state index is 0.672. The van der Waals surface area contributed by atoms with Crippen LogP contribution in [0.1, 0.15) is 0 Å². The van der Waals surface area contributed by atoms with Gasteiger partial charge in [0.25, 0.3) is 0 Å². The normalized spacial score (nSPS) is 11.5. The van der Waals surface area contributed by atoms with Crippen molar-refractivity contribution < 1.29 is 4.42 Å². The Morgan fingerprint density at radius 1 is 0.413 bits per heavy atom. The Morgan fingerprint density at radius 2 is 1.00 bits per heavy atom. The Kier molecular flexibility index (Phi) is 6.14. The van der Waals surface area contributed by atoms with Gasteiger partial charge in [0.15, 0.2) is 0 Å². The van der Waals surface area contributed by atoms with Gasteiger partial charge in [-0.3, -0.25) is 0 Å². The fourth-order valence-corrected chi connectivity index (χ4v) is 6.61. The third kappa shape index (κ3) is 4.49. The van der Waals surface area contributed by atoms with E-state index in [-0.39, 0.29) is 0 Å². The van der Waals surface area contributed by atoms with E-state index in [9.17, 15) is 0 Å².